The second-order valence-electron chi connectivity index (χ2n) is 3.53. The van der Waals surface area contributed by atoms with Gasteiger partial charge in [-0.2, -0.15) is 0 Å². The first kappa shape index (κ1) is 12.2. The van der Waals surface area contributed by atoms with Crippen LogP contribution in [0.25, 0.3) is 0 Å². The molecule has 1 amide bonds. The lowest BCUT2D eigenvalue weighted by Gasteiger charge is -2.14. The van der Waals surface area contributed by atoms with Gasteiger partial charge in [0.2, 0.25) is 0 Å². The normalized spacial score (nSPS) is 11.7. The number of amides is 1. The van der Waals surface area contributed by atoms with Crippen molar-refractivity contribution in [3.8, 4) is 5.75 Å². The van der Waals surface area contributed by atoms with E-state index in [1.54, 1.807) is 19.1 Å². The fourth-order valence-electron chi connectivity index (χ4n) is 1.31. The molecule has 1 unspecified atom stereocenters. The van der Waals surface area contributed by atoms with E-state index in [9.17, 15) is 9.59 Å². The summed E-state index contributed by atoms with van der Waals surface area (Å²) in [7, 11) is 1.54. The van der Waals surface area contributed by atoms with Crippen LogP contribution >= 0.6 is 0 Å². The SMILES string of the molecule is CNC(=O)C(C)Oc1ccc(C)cc1C=O. The Labute approximate surface area is 94.6 Å². The largest absolute Gasteiger partial charge is 0.480 e. The maximum absolute atomic E-state index is 11.3. The molecule has 1 aromatic rings. The Morgan fingerprint density at radius 2 is 2.19 bits per heavy atom. The van der Waals surface area contributed by atoms with Crippen LogP contribution < -0.4 is 10.1 Å². The molecule has 1 N–H and O–H groups in total. The zero-order chi connectivity index (χ0) is 12.1. The lowest BCUT2D eigenvalue weighted by atomic mass is 10.1. The van der Waals surface area contributed by atoms with Gasteiger partial charge in [-0.05, 0) is 26.0 Å². The summed E-state index contributed by atoms with van der Waals surface area (Å²) in [5.41, 5.74) is 1.43. The molecule has 4 heteroatoms. The van der Waals surface area contributed by atoms with Gasteiger partial charge in [-0.3, -0.25) is 9.59 Å². The second kappa shape index (κ2) is 5.30. The summed E-state index contributed by atoms with van der Waals surface area (Å²) in [6.07, 6.45) is 0.102. The van der Waals surface area contributed by atoms with E-state index in [0.717, 1.165) is 11.8 Å². The van der Waals surface area contributed by atoms with Crippen molar-refractivity contribution in [1.82, 2.24) is 5.32 Å². The van der Waals surface area contributed by atoms with Crippen LogP contribution in [0, 0.1) is 6.92 Å². The summed E-state index contributed by atoms with van der Waals surface area (Å²) in [6.45, 7) is 3.52. The third kappa shape index (κ3) is 2.82. The van der Waals surface area contributed by atoms with Crippen LogP contribution in [0.2, 0.25) is 0 Å². The maximum atomic E-state index is 11.3. The van der Waals surface area contributed by atoms with Crippen LogP contribution in [-0.2, 0) is 4.79 Å². The van der Waals surface area contributed by atoms with E-state index >= 15 is 0 Å². The molecule has 16 heavy (non-hydrogen) atoms. The van der Waals surface area contributed by atoms with Crippen LogP contribution in [0.3, 0.4) is 0 Å². The zero-order valence-electron chi connectivity index (χ0n) is 9.61. The van der Waals surface area contributed by atoms with Crippen LogP contribution in [0.5, 0.6) is 5.75 Å². The number of aldehydes is 1. The van der Waals surface area contributed by atoms with Crippen LogP contribution in [0.4, 0.5) is 0 Å². The summed E-state index contributed by atoms with van der Waals surface area (Å²) < 4.78 is 5.40. The summed E-state index contributed by atoms with van der Waals surface area (Å²) in [5.74, 6) is 0.203. The molecule has 0 saturated carbocycles. The van der Waals surface area contributed by atoms with Crippen molar-refractivity contribution < 1.29 is 14.3 Å². The number of aryl methyl sites for hydroxylation is 1. The van der Waals surface area contributed by atoms with E-state index in [4.69, 9.17) is 4.74 Å². The van der Waals surface area contributed by atoms with Gasteiger partial charge in [0.25, 0.3) is 5.91 Å². The minimum absolute atomic E-state index is 0.225. The fraction of sp³-hybridized carbons (Fsp3) is 0.333. The van der Waals surface area contributed by atoms with Crippen molar-refractivity contribution in [2.45, 2.75) is 20.0 Å². The van der Waals surface area contributed by atoms with Gasteiger partial charge in [0.05, 0.1) is 5.56 Å². The predicted molar refractivity (Wildman–Crippen MR) is 60.7 cm³/mol. The number of ether oxygens (including phenoxy) is 1. The number of hydrogen-bond acceptors (Lipinski definition) is 3. The highest BCUT2D eigenvalue weighted by Gasteiger charge is 2.14. The number of nitrogens with one attached hydrogen (secondary N) is 1. The topological polar surface area (TPSA) is 55.4 Å². The van der Waals surface area contributed by atoms with Gasteiger partial charge in [0, 0.05) is 7.05 Å². The average molecular weight is 221 g/mol. The van der Waals surface area contributed by atoms with Crippen molar-refractivity contribution >= 4 is 12.2 Å². The van der Waals surface area contributed by atoms with Crippen molar-refractivity contribution in [2.75, 3.05) is 7.05 Å². The Morgan fingerprint density at radius 1 is 1.50 bits per heavy atom. The molecular weight excluding hydrogens is 206 g/mol. The second-order valence-corrected chi connectivity index (χ2v) is 3.53. The Bertz CT molecular complexity index is 401. The Hall–Kier alpha value is -1.84. The highest BCUT2D eigenvalue weighted by atomic mass is 16.5. The predicted octanol–water partition coefficient (Wildman–Crippen LogP) is 1.32. The Balaban J connectivity index is 2.88. The highest BCUT2D eigenvalue weighted by Crippen LogP contribution is 2.19. The molecule has 0 aliphatic carbocycles. The Kier molecular flexibility index (Phi) is 4.05. The Morgan fingerprint density at radius 3 is 2.75 bits per heavy atom. The van der Waals surface area contributed by atoms with Crippen LogP contribution in [0.15, 0.2) is 18.2 Å². The number of rotatable bonds is 4. The fourth-order valence-corrected chi connectivity index (χ4v) is 1.31. The van der Waals surface area contributed by atoms with E-state index in [1.807, 2.05) is 13.0 Å². The average Bonchev–Trinajstić information content (AvgIpc) is 2.30. The van der Waals surface area contributed by atoms with E-state index in [2.05, 4.69) is 5.32 Å². The number of carbonyl (C=O) groups is 2. The van der Waals surface area contributed by atoms with Gasteiger partial charge in [-0.15, -0.1) is 0 Å². The van der Waals surface area contributed by atoms with E-state index in [1.165, 1.54) is 7.05 Å². The first-order chi connectivity index (χ1) is 7.58. The third-order valence-corrected chi connectivity index (χ3v) is 2.21. The lowest BCUT2D eigenvalue weighted by Crippen LogP contribution is -2.33. The van der Waals surface area contributed by atoms with E-state index < -0.39 is 6.10 Å². The molecule has 1 atom stereocenters. The highest BCUT2D eigenvalue weighted by molar-refractivity contribution is 5.82. The minimum atomic E-state index is -0.619. The summed E-state index contributed by atoms with van der Waals surface area (Å²) in [4.78, 5) is 22.1. The van der Waals surface area contributed by atoms with Gasteiger partial charge in [0.15, 0.2) is 12.4 Å². The van der Waals surface area contributed by atoms with Gasteiger partial charge in [-0.25, -0.2) is 0 Å². The number of benzene rings is 1. The van der Waals surface area contributed by atoms with Crippen molar-refractivity contribution in [3.63, 3.8) is 0 Å². The molecule has 0 aliphatic heterocycles. The molecule has 0 radical (unpaired) electrons. The number of hydrogen-bond donors (Lipinski definition) is 1. The summed E-state index contributed by atoms with van der Waals surface area (Å²) in [6, 6.07) is 5.25. The van der Waals surface area contributed by atoms with Crippen molar-refractivity contribution in [3.05, 3.63) is 29.3 Å². The van der Waals surface area contributed by atoms with Gasteiger partial charge in [-0.1, -0.05) is 11.6 Å². The molecule has 1 aromatic carbocycles. The third-order valence-electron chi connectivity index (χ3n) is 2.21. The molecule has 4 nitrogen and oxygen atoms in total. The molecule has 0 fully saturated rings. The van der Waals surface area contributed by atoms with Crippen LogP contribution in [0.1, 0.15) is 22.8 Å². The molecule has 86 valence electrons. The molecule has 0 aromatic heterocycles. The molecule has 0 heterocycles. The summed E-state index contributed by atoms with van der Waals surface area (Å²) in [5, 5.41) is 2.48. The first-order valence-electron chi connectivity index (χ1n) is 5.02. The molecule has 0 saturated heterocycles. The number of carbonyl (C=O) groups excluding carboxylic acids is 2. The van der Waals surface area contributed by atoms with Gasteiger partial charge < -0.3 is 10.1 Å². The maximum Gasteiger partial charge on any atom is 0.260 e. The van der Waals surface area contributed by atoms with E-state index in [-0.39, 0.29) is 5.91 Å². The van der Waals surface area contributed by atoms with Gasteiger partial charge >= 0.3 is 0 Å². The zero-order valence-corrected chi connectivity index (χ0v) is 9.61. The quantitative estimate of drug-likeness (QED) is 0.780. The van der Waals surface area contributed by atoms with E-state index in [0.29, 0.717) is 11.3 Å². The first-order valence-corrected chi connectivity index (χ1v) is 5.02. The lowest BCUT2D eigenvalue weighted by molar-refractivity contribution is -0.126. The van der Waals surface area contributed by atoms with Gasteiger partial charge in [0.1, 0.15) is 5.75 Å². The van der Waals surface area contributed by atoms with Crippen molar-refractivity contribution in [1.29, 1.82) is 0 Å². The number of likely N-dealkylation sites (N-methyl/N-ethyl adjacent to an activating group) is 1. The standard InChI is InChI=1S/C12H15NO3/c1-8-4-5-11(10(6-8)7-14)16-9(2)12(15)13-3/h4-7,9H,1-3H3,(H,13,15). The van der Waals surface area contributed by atoms with Crippen molar-refractivity contribution in [2.24, 2.45) is 0 Å². The molecule has 0 spiro atoms. The smallest absolute Gasteiger partial charge is 0.260 e. The molecule has 1 rings (SSSR count). The molecular formula is C12H15NO3. The molecule has 0 aliphatic rings. The monoisotopic (exact) mass is 221 g/mol. The summed E-state index contributed by atoms with van der Waals surface area (Å²) >= 11 is 0. The minimum Gasteiger partial charge on any atom is -0.480 e. The van der Waals surface area contributed by atoms with Crippen LogP contribution in [-0.4, -0.2) is 25.3 Å². The molecule has 0 bridgehead atoms.